The van der Waals surface area contributed by atoms with Crippen LogP contribution in [0.3, 0.4) is 0 Å². The van der Waals surface area contributed by atoms with E-state index in [-0.39, 0.29) is 17.9 Å². The lowest BCUT2D eigenvalue weighted by Crippen LogP contribution is -2.48. The van der Waals surface area contributed by atoms with E-state index in [1.807, 2.05) is 56.3 Å². The molecule has 2 rings (SSSR count). The Morgan fingerprint density at radius 1 is 1.27 bits per heavy atom. The molecule has 22 heavy (non-hydrogen) atoms. The number of methoxy groups -OCH3 is 1. The molecule has 118 valence electrons. The van der Waals surface area contributed by atoms with Crippen molar-refractivity contribution in [3.63, 3.8) is 0 Å². The van der Waals surface area contributed by atoms with E-state index in [9.17, 15) is 9.59 Å². The summed E-state index contributed by atoms with van der Waals surface area (Å²) in [4.78, 5) is 24.8. The summed E-state index contributed by atoms with van der Waals surface area (Å²) in [5, 5.41) is 3.03. The van der Waals surface area contributed by atoms with Crippen molar-refractivity contribution in [2.75, 3.05) is 7.11 Å². The number of benzene rings is 1. The van der Waals surface area contributed by atoms with Crippen molar-refractivity contribution >= 4 is 11.9 Å². The minimum Gasteiger partial charge on any atom is -0.469 e. The Kier molecular flexibility index (Phi) is 5.01. The van der Waals surface area contributed by atoms with Crippen LogP contribution in [0.1, 0.15) is 38.3 Å². The van der Waals surface area contributed by atoms with Gasteiger partial charge < -0.3 is 10.1 Å². The Labute approximate surface area is 131 Å². The number of ether oxygens (including phenoxy) is 1. The first kappa shape index (κ1) is 16.3. The Balaban J connectivity index is 2.15. The highest BCUT2D eigenvalue weighted by Crippen LogP contribution is 2.39. The fourth-order valence-corrected chi connectivity index (χ4v) is 2.90. The molecule has 4 heteroatoms. The third-order valence-corrected chi connectivity index (χ3v) is 4.50. The lowest BCUT2D eigenvalue weighted by Gasteiger charge is -2.36. The van der Waals surface area contributed by atoms with Crippen molar-refractivity contribution in [3.05, 3.63) is 48.0 Å². The molecule has 0 spiro atoms. The van der Waals surface area contributed by atoms with E-state index in [1.54, 1.807) is 0 Å². The molecule has 3 atom stereocenters. The summed E-state index contributed by atoms with van der Waals surface area (Å²) in [7, 11) is 1.37. The van der Waals surface area contributed by atoms with Gasteiger partial charge in [-0.1, -0.05) is 42.5 Å². The van der Waals surface area contributed by atoms with Gasteiger partial charge in [0.2, 0.25) is 5.91 Å². The maximum absolute atomic E-state index is 12.8. The van der Waals surface area contributed by atoms with Gasteiger partial charge in [0.15, 0.2) is 0 Å². The van der Waals surface area contributed by atoms with E-state index in [4.69, 9.17) is 4.74 Å². The highest BCUT2D eigenvalue weighted by molar-refractivity contribution is 5.89. The molecule has 0 unspecified atom stereocenters. The average Bonchev–Trinajstić information content (AvgIpc) is 2.55. The predicted molar refractivity (Wildman–Crippen MR) is 85.0 cm³/mol. The molecule has 1 amide bonds. The zero-order valence-electron chi connectivity index (χ0n) is 13.3. The van der Waals surface area contributed by atoms with E-state index >= 15 is 0 Å². The van der Waals surface area contributed by atoms with Gasteiger partial charge in [0.25, 0.3) is 0 Å². The van der Waals surface area contributed by atoms with Crippen LogP contribution in [0.2, 0.25) is 0 Å². The van der Waals surface area contributed by atoms with Crippen molar-refractivity contribution in [1.29, 1.82) is 0 Å². The van der Waals surface area contributed by atoms with Crippen molar-refractivity contribution in [2.24, 2.45) is 11.3 Å². The van der Waals surface area contributed by atoms with Gasteiger partial charge >= 0.3 is 5.97 Å². The van der Waals surface area contributed by atoms with Gasteiger partial charge in [-0.15, -0.1) is 0 Å². The van der Waals surface area contributed by atoms with Gasteiger partial charge in [-0.05, 0) is 32.3 Å². The molecule has 0 saturated carbocycles. The summed E-state index contributed by atoms with van der Waals surface area (Å²) in [5.41, 5.74) is 0.269. The maximum atomic E-state index is 12.8. The number of nitrogens with one attached hydrogen (secondary N) is 1. The molecule has 1 N–H and O–H groups in total. The molecule has 0 aromatic heterocycles. The molecule has 0 aliphatic heterocycles. The number of carbonyl (C=O) groups is 2. The van der Waals surface area contributed by atoms with E-state index in [2.05, 4.69) is 5.32 Å². The second-order valence-corrected chi connectivity index (χ2v) is 6.01. The summed E-state index contributed by atoms with van der Waals surface area (Å²) in [6, 6.07) is 9.69. The molecule has 1 aliphatic carbocycles. The minimum absolute atomic E-state index is 0.102. The highest BCUT2D eigenvalue weighted by Gasteiger charge is 2.46. The van der Waals surface area contributed by atoms with Crippen molar-refractivity contribution < 1.29 is 14.3 Å². The second kappa shape index (κ2) is 6.77. The van der Waals surface area contributed by atoms with Gasteiger partial charge in [0, 0.05) is 0 Å². The quantitative estimate of drug-likeness (QED) is 0.687. The van der Waals surface area contributed by atoms with E-state index in [0.717, 1.165) is 5.56 Å². The second-order valence-electron chi connectivity index (χ2n) is 6.01. The molecule has 1 aromatic rings. The van der Waals surface area contributed by atoms with Crippen molar-refractivity contribution in [1.82, 2.24) is 5.32 Å². The Morgan fingerprint density at radius 3 is 2.59 bits per heavy atom. The zero-order valence-corrected chi connectivity index (χ0v) is 13.3. The van der Waals surface area contributed by atoms with Gasteiger partial charge in [0.05, 0.1) is 24.5 Å². The highest BCUT2D eigenvalue weighted by atomic mass is 16.5. The fraction of sp³-hybridized carbons (Fsp3) is 0.444. The number of allylic oxidation sites excluding steroid dienone is 2. The molecular formula is C18H23NO3. The third kappa shape index (κ3) is 3.21. The first-order chi connectivity index (χ1) is 10.5. The van der Waals surface area contributed by atoms with Gasteiger partial charge in [-0.25, -0.2) is 0 Å². The van der Waals surface area contributed by atoms with Crippen molar-refractivity contribution in [3.8, 4) is 0 Å². The van der Waals surface area contributed by atoms with Gasteiger partial charge in [-0.2, -0.15) is 0 Å². The molecule has 0 bridgehead atoms. The van der Waals surface area contributed by atoms with Crippen LogP contribution in [-0.2, 0) is 14.3 Å². The molecule has 0 saturated heterocycles. The van der Waals surface area contributed by atoms with Crippen molar-refractivity contribution in [2.45, 2.75) is 32.7 Å². The van der Waals surface area contributed by atoms with Crippen LogP contribution in [0.4, 0.5) is 0 Å². The molecule has 0 radical (unpaired) electrons. The SMILES string of the molecule is COC(=O)[C@@H]1CC=CC[C@@]1(C)C(=O)N[C@@H](C)c1ccccc1. The Morgan fingerprint density at radius 2 is 1.95 bits per heavy atom. The number of hydrogen-bond donors (Lipinski definition) is 1. The number of rotatable bonds is 4. The monoisotopic (exact) mass is 301 g/mol. The fourth-order valence-electron chi connectivity index (χ4n) is 2.90. The lowest BCUT2D eigenvalue weighted by molar-refractivity contribution is -0.155. The third-order valence-electron chi connectivity index (χ3n) is 4.50. The summed E-state index contributed by atoms with van der Waals surface area (Å²) in [6.07, 6.45) is 4.99. The Hall–Kier alpha value is -2.10. The van der Waals surface area contributed by atoms with Crippen LogP contribution >= 0.6 is 0 Å². The average molecular weight is 301 g/mol. The summed E-state index contributed by atoms with van der Waals surface area (Å²) >= 11 is 0. The van der Waals surface area contributed by atoms with Crippen LogP contribution < -0.4 is 5.32 Å². The smallest absolute Gasteiger partial charge is 0.310 e. The normalized spacial score (nSPS) is 25.3. The lowest BCUT2D eigenvalue weighted by atomic mass is 9.69. The van der Waals surface area contributed by atoms with Crippen LogP contribution in [0, 0.1) is 11.3 Å². The van der Waals surface area contributed by atoms with Gasteiger partial charge in [-0.3, -0.25) is 9.59 Å². The van der Waals surface area contributed by atoms with Crippen LogP contribution in [0.25, 0.3) is 0 Å². The summed E-state index contributed by atoms with van der Waals surface area (Å²) < 4.78 is 4.87. The molecule has 1 aliphatic rings. The standard InChI is InChI=1S/C18H23NO3/c1-13(14-9-5-4-6-10-14)19-17(21)18(2)12-8-7-11-15(18)16(20)22-3/h4-10,13,15H,11-12H2,1-3H3,(H,19,21)/t13-,15-,18+/m0/s1. The number of amides is 1. The molecule has 1 aromatic carbocycles. The molecule has 4 nitrogen and oxygen atoms in total. The molecule has 0 heterocycles. The zero-order chi connectivity index (χ0) is 16.2. The maximum Gasteiger partial charge on any atom is 0.310 e. The largest absolute Gasteiger partial charge is 0.469 e. The molecule has 0 fully saturated rings. The van der Waals surface area contributed by atoms with E-state index in [0.29, 0.717) is 12.8 Å². The topological polar surface area (TPSA) is 55.4 Å². The van der Waals surface area contributed by atoms with E-state index in [1.165, 1.54) is 7.11 Å². The first-order valence-electron chi connectivity index (χ1n) is 7.57. The predicted octanol–water partition coefficient (Wildman–Crippen LogP) is 3.01. The summed E-state index contributed by atoms with van der Waals surface area (Å²) in [6.45, 7) is 3.79. The number of esters is 1. The number of hydrogen-bond acceptors (Lipinski definition) is 3. The van der Waals surface area contributed by atoms with E-state index < -0.39 is 11.3 Å². The van der Waals surface area contributed by atoms with Crippen LogP contribution in [0.15, 0.2) is 42.5 Å². The Bertz CT molecular complexity index is 567. The van der Waals surface area contributed by atoms with Crippen LogP contribution in [-0.4, -0.2) is 19.0 Å². The van der Waals surface area contributed by atoms with Gasteiger partial charge in [0.1, 0.15) is 0 Å². The minimum atomic E-state index is -0.773. The first-order valence-corrected chi connectivity index (χ1v) is 7.57. The molecular weight excluding hydrogens is 278 g/mol. The number of carbonyl (C=O) groups excluding carboxylic acids is 2. The van der Waals surface area contributed by atoms with Crippen LogP contribution in [0.5, 0.6) is 0 Å². The summed E-state index contributed by atoms with van der Waals surface area (Å²) in [5.74, 6) is -0.872.